The zero-order valence-corrected chi connectivity index (χ0v) is 6.49. The van der Waals surface area contributed by atoms with Gasteiger partial charge in [-0.2, -0.15) is 0 Å². The Kier molecular flexibility index (Phi) is 4.49. The summed E-state index contributed by atoms with van der Waals surface area (Å²) in [5.74, 6) is -3.29. The molecule has 76 valence electrons. The van der Waals surface area contributed by atoms with Gasteiger partial charge < -0.3 is 25.5 Å². The van der Waals surface area contributed by atoms with Gasteiger partial charge in [-0.15, -0.1) is 0 Å². The Labute approximate surface area is 72.9 Å². The Balaban J connectivity index is 4.33. The SMILES string of the molecule is O=C(O)[C@@H](O)C(=O)[C@H](O)[C@@H](O)CO. The molecule has 5 N–H and O–H groups in total. The van der Waals surface area contributed by atoms with Crippen LogP contribution in [0.5, 0.6) is 0 Å². The first-order valence-electron chi connectivity index (χ1n) is 3.33. The van der Waals surface area contributed by atoms with Crippen LogP contribution >= 0.6 is 0 Å². The molecular formula is C6H10O7. The van der Waals surface area contributed by atoms with Crippen molar-refractivity contribution < 1.29 is 35.1 Å². The van der Waals surface area contributed by atoms with Crippen molar-refractivity contribution >= 4 is 11.8 Å². The fourth-order valence-corrected chi connectivity index (χ4v) is 0.573. The van der Waals surface area contributed by atoms with Crippen LogP contribution in [0.3, 0.4) is 0 Å². The largest absolute Gasteiger partial charge is 0.479 e. The fraction of sp³-hybridized carbons (Fsp3) is 0.667. The number of hydrogen-bond acceptors (Lipinski definition) is 6. The highest BCUT2D eigenvalue weighted by Gasteiger charge is 2.33. The van der Waals surface area contributed by atoms with E-state index in [1.54, 1.807) is 0 Å². The number of carbonyl (C=O) groups is 2. The van der Waals surface area contributed by atoms with E-state index in [1.165, 1.54) is 0 Å². The van der Waals surface area contributed by atoms with E-state index < -0.39 is 36.7 Å². The van der Waals surface area contributed by atoms with Crippen LogP contribution in [0.2, 0.25) is 0 Å². The first-order chi connectivity index (χ1) is 5.91. The lowest BCUT2D eigenvalue weighted by molar-refractivity contribution is -0.158. The van der Waals surface area contributed by atoms with Gasteiger partial charge in [0.25, 0.3) is 0 Å². The van der Waals surface area contributed by atoms with E-state index in [4.69, 9.17) is 25.5 Å². The van der Waals surface area contributed by atoms with Gasteiger partial charge >= 0.3 is 5.97 Å². The normalized spacial score (nSPS) is 17.5. The molecule has 0 unspecified atom stereocenters. The number of aliphatic hydroxyl groups excluding tert-OH is 4. The Bertz CT molecular complexity index is 201. The highest BCUT2D eigenvalue weighted by molar-refractivity contribution is 6.03. The standard InChI is InChI=1S/C6H10O7/c7-1-2(8)3(9)4(10)5(11)6(12)13/h2-3,5,7-9,11H,1H2,(H,12,13)/t2-,3+,5-/m0/s1. The maximum Gasteiger partial charge on any atom is 0.340 e. The molecule has 7 heteroatoms. The fourth-order valence-electron chi connectivity index (χ4n) is 0.573. The van der Waals surface area contributed by atoms with Crippen molar-refractivity contribution in [2.75, 3.05) is 6.61 Å². The number of carbonyl (C=O) groups excluding carboxylic acids is 1. The van der Waals surface area contributed by atoms with Gasteiger partial charge in [0.05, 0.1) is 6.61 Å². The summed E-state index contributed by atoms with van der Waals surface area (Å²) in [6, 6.07) is 0. The van der Waals surface area contributed by atoms with E-state index in [1.807, 2.05) is 0 Å². The van der Waals surface area contributed by atoms with Gasteiger partial charge in [0.1, 0.15) is 12.2 Å². The molecule has 0 aliphatic heterocycles. The third-order valence-corrected chi connectivity index (χ3v) is 1.35. The highest BCUT2D eigenvalue weighted by atomic mass is 16.4. The summed E-state index contributed by atoms with van der Waals surface area (Å²) in [6.07, 6.45) is -6.28. The molecule has 0 aromatic rings. The zero-order valence-electron chi connectivity index (χ0n) is 6.49. The summed E-state index contributed by atoms with van der Waals surface area (Å²) in [5.41, 5.74) is 0. The van der Waals surface area contributed by atoms with Gasteiger partial charge in [-0.1, -0.05) is 0 Å². The third kappa shape index (κ3) is 3.07. The second-order valence-electron chi connectivity index (χ2n) is 2.34. The molecule has 0 fully saturated rings. The van der Waals surface area contributed by atoms with Crippen LogP contribution in [0, 0.1) is 0 Å². The molecule has 0 aromatic carbocycles. The summed E-state index contributed by atoms with van der Waals surface area (Å²) in [5, 5.41) is 42.5. The molecular weight excluding hydrogens is 184 g/mol. The van der Waals surface area contributed by atoms with Crippen LogP contribution in [0.25, 0.3) is 0 Å². The van der Waals surface area contributed by atoms with Gasteiger partial charge in [0.2, 0.25) is 11.9 Å². The van der Waals surface area contributed by atoms with E-state index in [0.717, 1.165) is 0 Å². The first-order valence-corrected chi connectivity index (χ1v) is 3.33. The van der Waals surface area contributed by atoms with Crippen LogP contribution in [0.15, 0.2) is 0 Å². The van der Waals surface area contributed by atoms with Crippen LogP contribution < -0.4 is 0 Å². The Hall–Kier alpha value is -1.02. The summed E-state index contributed by atoms with van der Waals surface area (Å²) in [7, 11) is 0. The van der Waals surface area contributed by atoms with Crippen LogP contribution in [-0.4, -0.2) is 62.2 Å². The number of aliphatic hydroxyl groups is 4. The molecule has 0 aliphatic rings. The topological polar surface area (TPSA) is 135 Å². The molecule has 13 heavy (non-hydrogen) atoms. The van der Waals surface area contributed by atoms with Crippen molar-refractivity contribution in [3.05, 3.63) is 0 Å². The molecule has 0 aliphatic carbocycles. The highest BCUT2D eigenvalue weighted by Crippen LogP contribution is 1.99. The number of rotatable bonds is 5. The van der Waals surface area contributed by atoms with Crippen LogP contribution in [-0.2, 0) is 9.59 Å². The molecule has 0 radical (unpaired) electrons. The Morgan fingerprint density at radius 1 is 1.15 bits per heavy atom. The minimum Gasteiger partial charge on any atom is -0.479 e. The number of carboxylic acid groups (broad SMARTS) is 1. The molecule has 7 nitrogen and oxygen atoms in total. The second kappa shape index (κ2) is 4.87. The molecule has 3 atom stereocenters. The van der Waals surface area contributed by atoms with Crippen LogP contribution in [0.4, 0.5) is 0 Å². The predicted molar refractivity (Wildman–Crippen MR) is 37.7 cm³/mol. The monoisotopic (exact) mass is 194 g/mol. The summed E-state index contributed by atoms with van der Waals surface area (Å²) in [4.78, 5) is 20.8. The predicted octanol–water partition coefficient (Wildman–Crippen LogP) is -3.28. The lowest BCUT2D eigenvalue weighted by Crippen LogP contribution is -2.45. The van der Waals surface area contributed by atoms with E-state index in [2.05, 4.69) is 0 Å². The molecule has 0 spiro atoms. The van der Waals surface area contributed by atoms with Gasteiger partial charge in [0, 0.05) is 0 Å². The maximum atomic E-state index is 10.7. The number of Topliss-reactive ketones (excluding diaryl/α,β-unsaturated/α-hetero) is 1. The second-order valence-corrected chi connectivity index (χ2v) is 2.34. The average molecular weight is 194 g/mol. The van der Waals surface area contributed by atoms with Crippen molar-refractivity contribution in [1.82, 2.24) is 0 Å². The quantitative estimate of drug-likeness (QED) is 0.289. The third-order valence-electron chi connectivity index (χ3n) is 1.35. The lowest BCUT2D eigenvalue weighted by Gasteiger charge is -2.15. The molecule has 0 saturated heterocycles. The average Bonchev–Trinajstić information content (AvgIpc) is 2.12. The van der Waals surface area contributed by atoms with Crippen molar-refractivity contribution in [2.24, 2.45) is 0 Å². The van der Waals surface area contributed by atoms with E-state index in [-0.39, 0.29) is 0 Å². The summed E-state index contributed by atoms with van der Waals surface area (Å²) >= 11 is 0. The van der Waals surface area contributed by atoms with Gasteiger partial charge in [-0.3, -0.25) is 4.79 Å². The molecule has 0 amide bonds. The van der Waals surface area contributed by atoms with Crippen molar-refractivity contribution in [3.63, 3.8) is 0 Å². The molecule has 0 heterocycles. The van der Waals surface area contributed by atoms with Crippen molar-refractivity contribution in [3.8, 4) is 0 Å². The summed E-state index contributed by atoms with van der Waals surface area (Å²) in [6.45, 7) is -0.904. The number of hydrogen-bond donors (Lipinski definition) is 5. The molecule has 0 saturated carbocycles. The van der Waals surface area contributed by atoms with E-state index >= 15 is 0 Å². The summed E-state index contributed by atoms with van der Waals surface area (Å²) < 4.78 is 0. The maximum absolute atomic E-state index is 10.7. The van der Waals surface area contributed by atoms with Gasteiger partial charge in [-0.25, -0.2) is 4.79 Å². The van der Waals surface area contributed by atoms with Gasteiger partial charge in [0.15, 0.2) is 0 Å². The van der Waals surface area contributed by atoms with E-state index in [9.17, 15) is 9.59 Å². The molecule has 0 aromatic heterocycles. The number of carboxylic acids is 1. The first kappa shape index (κ1) is 12.0. The van der Waals surface area contributed by atoms with Crippen molar-refractivity contribution in [2.45, 2.75) is 18.3 Å². The minimum atomic E-state index is -2.39. The zero-order chi connectivity index (χ0) is 10.6. The van der Waals surface area contributed by atoms with Gasteiger partial charge in [-0.05, 0) is 0 Å². The number of aliphatic carboxylic acids is 1. The van der Waals surface area contributed by atoms with E-state index in [0.29, 0.717) is 0 Å². The Morgan fingerprint density at radius 3 is 1.92 bits per heavy atom. The molecule has 0 bridgehead atoms. The van der Waals surface area contributed by atoms with Crippen LogP contribution in [0.1, 0.15) is 0 Å². The number of ketones is 1. The minimum absolute atomic E-state index is 0.904. The lowest BCUT2D eigenvalue weighted by atomic mass is 10.1. The smallest absolute Gasteiger partial charge is 0.340 e. The molecule has 0 rings (SSSR count). The van der Waals surface area contributed by atoms with Crippen molar-refractivity contribution in [1.29, 1.82) is 0 Å². The Morgan fingerprint density at radius 2 is 1.62 bits per heavy atom.